The van der Waals surface area contributed by atoms with E-state index in [-0.39, 0.29) is 30.3 Å². The number of aryl methyl sites for hydroxylation is 1. The van der Waals surface area contributed by atoms with Crippen LogP contribution in [0.2, 0.25) is 0 Å². The predicted molar refractivity (Wildman–Crippen MR) is 198 cm³/mol. The Morgan fingerprint density at radius 2 is 1.73 bits per heavy atom. The zero-order chi connectivity index (χ0) is 37.0. The number of thioether (sulfide) groups is 1. The highest BCUT2D eigenvalue weighted by Crippen LogP contribution is 2.31. The molecule has 52 heavy (non-hydrogen) atoms. The van der Waals surface area contributed by atoms with Crippen molar-refractivity contribution in [3.63, 3.8) is 0 Å². The molecule has 274 valence electrons. The smallest absolute Gasteiger partial charge is 0.407 e. The predicted octanol–water partition coefficient (Wildman–Crippen LogP) is 4.14. The number of ether oxygens (including phenoxy) is 2. The fourth-order valence-corrected chi connectivity index (χ4v) is 6.75. The average Bonchev–Trinajstić information content (AvgIpc) is 3.82. The quantitative estimate of drug-likeness (QED) is 0.106. The molecular weight excluding hydrogens is 685 g/mol. The molecule has 4 amide bonds. The van der Waals surface area contributed by atoms with Gasteiger partial charge in [0.15, 0.2) is 0 Å². The number of methoxy groups -OCH3 is 2. The zero-order valence-electron chi connectivity index (χ0n) is 29.7. The number of hydrogen-bond donors (Lipinski definition) is 5. The summed E-state index contributed by atoms with van der Waals surface area (Å²) in [7, 11) is 2.53. The number of alkyl carbamates (subject to hydrolysis) is 2. The van der Waals surface area contributed by atoms with Crippen LogP contribution in [0.5, 0.6) is 0 Å². The molecule has 2 aromatic carbocycles. The Hall–Kier alpha value is -5.49. The summed E-state index contributed by atoms with van der Waals surface area (Å²) in [6, 6.07) is 12.8. The van der Waals surface area contributed by atoms with Gasteiger partial charge in [0.25, 0.3) is 0 Å². The van der Waals surface area contributed by atoms with E-state index in [9.17, 15) is 19.2 Å². The summed E-state index contributed by atoms with van der Waals surface area (Å²) < 4.78 is 9.20. The van der Waals surface area contributed by atoms with Crippen molar-refractivity contribution in [2.24, 2.45) is 5.92 Å². The maximum atomic E-state index is 13.6. The van der Waals surface area contributed by atoms with Gasteiger partial charge in [0.1, 0.15) is 17.7 Å². The number of carbonyl (C=O) groups excluding carboxylic acids is 4. The van der Waals surface area contributed by atoms with Crippen molar-refractivity contribution in [3.8, 4) is 23.1 Å². The van der Waals surface area contributed by atoms with Gasteiger partial charge in [0, 0.05) is 42.1 Å². The highest BCUT2D eigenvalue weighted by molar-refractivity contribution is 7.99. The summed E-state index contributed by atoms with van der Waals surface area (Å²) in [6.07, 6.45) is 2.85. The molecule has 15 heteroatoms. The van der Waals surface area contributed by atoms with Crippen LogP contribution in [0, 0.1) is 17.8 Å². The molecule has 2 unspecified atom stereocenters. The number of amides is 4. The van der Waals surface area contributed by atoms with Crippen molar-refractivity contribution in [2.45, 2.75) is 45.2 Å². The van der Waals surface area contributed by atoms with Crippen LogP contribution in [-0.2, 0) is 25.5 Å². The van der Waals surface area contributed by atoms with Gasteiger partial charge < -0.3 is 40.3 Å². The summed E-state index contributed by atoms with van der Waals surface area (Å²) in [4.78, 5) is 66.3. The number of fused-ring (bicyclic) bond motifs is 1. The molecule has 0 saturated carbocycles. The fraction of sp³-hybridized carbons (Fsp3) is 0.405. The molecule has 0 radical (unpaired) electrons. The zero-order valence-corrected chi connectivity index (χ0v) is 30.5. The summed E-state index contributed by atoms with van der Waals surface area (Å²) in [5.41, 5.74) is 5.28. The van der Waals surface area contributed by atoms with Crippen LogP contribution in [0.25, 0.3) is 22.3 Å². The van der Waals surface area contributed by atoms with Gasteiger partial charge in [-0.05, 0) is 54.7 Å². The van der Waals surface area contributed by atoms with Gasteiger partial charge in [-0.1, -0.05) is 37.8 Å². The Kier molecular flexibility index (Phi) is 13.2. The van der Waals surface area contributed by atoms with Crippen LogP contribution in [-0.4, -0.2) is 100 Å². The van der Waals surface area contributed by atoms with Crippen LogP contribution in [0.4, 0.5) is 9.59 Å². The van der Waals surface area contributed by atoms with Gasteiger partial charge in [0.2, 0.25) is 11.8 Å². The number of unbranched alkanes of at least 4 members (excludes halogenated alkanes) is 1. The van der Waals surface area contributed by atoms with E-state index in [4.69, 9.17) is 4.74 Å². The van der Waals surface area contributed by atoms with Gasteiger partial charge in [0.05, 0.1) is 49.7 Å². The Bertz CT molecular complexity index is 1930. The lowest BCUT2D eigenvalue weighted by atomic mass is 10.0. The first-order chi connectivity index (χ1) is 25.1. The maximum Gasteiger partial charge on any atom is 0.407 e. The summed E-state index contributed by atoms with van der Waals surface area (Å²) in [5.74, 6) is 9.03. The van der Waals surface area contributed by atoms with E-state index >= 15 is 0 Å². The molecule has 5 N–H and O–H groups in total. The largest absolute Gasteiger partial charge is 0.453 e. The maximum absolute atomic E-state index is 13.6. The van der Waals surface area contributed by atoms with E-state index in [2.05, 4.69) is 52.5 Å². The van der Waals surface area contributed by atoms with E-state index < -0.39 is 18.2 Å². The van der Waals surface area contributed by atoms with Crippen LogP contribution >= 0.6 is 11.8 Å². The van der Waals surface area contributed by atoms with Crippen molar-refractivity contribution in [1.29, 1.82) is 0 Å². The van der Waals surface area contributed by atoms with Gasteiger partial charge in [-0.2, -0.15) is 11.8 Å². The Morgan fingerprint density at radius 1 is 0.981 bits per heavy atom. The minimum absolute atomic E-state index is 0.113. The van der Waals surface area contributed by atoms with E-state index in [0.717, 1.165) is 64.3 Å². The number of H-pyrrole nitrogens is 2. The van der Waals surface area contributed by atoms with Gasteiger partial charge in [-0.3, -0.25) is 9.59 Å². The number of benzene rings is 2. The molecule has 1 saturated heterocycles. The Morgan fingerprint density at radius 3 is 2.48 bits per heavy atom. The van der Waals surface area contributed by atoms with Gasteiger partial charge in [-0.15, -0.1) is 0 Å². The first-order valence-electron chi connectivity index (χ1n) is 17.1. The molecule has 2 aromatic heterocycles. The summed E-state index contributed by atoms with van der Waals surface area (Å²) in [6.45, 7) is 4.73. The third-order valence-electron chi connectivity index (χ3n) is 8.53. The second-order valence-corrected chi connectivity index (χ2v) is 13.7. The second kappa shape index (κ2) is 18.1. The Balaban J connectivity index is 1.16. The van der Waals surface area contributed by atoms with Crippen LogP contribution in [0.3, 0.4) is 0 Å². The molecule has 0 bridgehead atoms. The van der Waals surface area contributed by atoms with E-state index in [1.807, 2.05) is 56.3 Å². The molecular formula is C37H44N8O6S. The fourth-order valence-electron chi connectivity index (χ4n) is 5.69. The molecule has 1 aliphatic heterocycles. The minimum atomic E-state index is -0.699. The molecule has 5 rings (SSSR count). The van der Waals surface area contributed by atoms with Crippen LogP contribution < -0.4 is 16.0 Å². The summed E-state index contributed by atoms with van der Waals surface area (Å²) >= 11 is 1.77. The summed E-state index contributed by atoms with van der Waals surface area (Å²) in [5, 5.41) is 7.81. The van der Waals surface area contributed by atoms with Crippen LogP contribution in [0.1, 0.15) is 55.5 Å². The topological polar surface area (TPSA) is 183 Å². The van der Waals surface area contributed by atoms with Gasteiger partial charge >= 0.3 is 12.2 Å². The Labute approximate surface area is 306 Å². The molecule has 0 spiro atoms. The number of aromatic nitrogens is 4. The third-order valence-corrected chi connectivity index (χ3v) is 9.56. The number of nitrogens with one attached hydrogen (secondary N) is 5. The molecule has 3 heterocycles. The molecule has 14 nitrogen and oxygen atoms in total. The molecule has 4 aromatic rings. The standard InChI is InChI=1S/C37H44N8O6S/c1-23(2)33(44-37(49)51-4)35(47)45-17-18-52-22-30(45)34-39-20-29(43-34)26-13-10-24(11-14-26)8-9-25-12-15-27-28(19-25)42-31(41-27)7-5-6-16-38-32(46)21-40-36(48)50-3/h10-15,19-20,23,30,33H,5-7,16-18,21-22H2,1-4H3,(H,38,46)(H,39,43)(H,40,48)(H,41,42)(H,44,49). The number of hydrogen-bond acceptors (Lipinski definition) is 9. The minimum Gasteiger partial charge on any atom is -0.453 e. The van der Waals surface area contributed by atoms with Crippen molar-refractivity contribution in [2.75, 3.05) is 45.4 Å². The van der Waals surface area contributed by atoms with Crippen molar-refractivity contribution in [3.05, 3.63) is 71.4 Å². The van der Waals surface area contributed by atoms with Crippen molar-refractivity contribution >= 4 is 46.8 Å². The number of aromatic amines is 2. The SMILES string of the molecule is COC(=O)NCC(=O)NCCCCc1nc2ccc(C#Cc3ccc(-c4cnc(C5CSCCN5C(=O)C(NC(=O)OC)C(C)C)[nH]4)cc3)cc2[nH]1. The average molecular weight is 729 g/mol. The number of imidazole rings is 2. The van der Waals surface area contributed by atoms with E-state index in [1.165, 1.54) is 14.2 Å². The first-order valence-corrected chi connectivity index (χ1v) is 18.3. The third kappa shape index (κ3) is 10.1. The molecule has 2 atom stereocenters. The normalized spacial score (nSPS) is 14.6. The van der Waals surface area contributed by atoms with Gasteiger partial charge in [-0.25, -0.2) is 19.6 Å². The molecule has 1 aliphatic rings. The second-order valence-electron chi connectivity index (χ2n) is 12.6. The lowest BCUT2D eigenvalue weighted by Crippen LogP contribution is -2.54. The highest BCUT2D eigenvalue weighted by atomic mass is 32.2. The molecule has 0 aliphatic carbocycles. The van der Waals surface area contributed by atoms with Crippen molar-refractivity contribution in [1.82, 2.24) is 40.8 Å². The van der Waals surface area contributed by atoms with E-state index in [0.29, 0.717) is 24.7 Å². The van der Waals surface area contributed by atoms with Crippen LogP contribution in [0.15, 0.2) is 48.7 Å². The number of carbonyl (C=O) groups is 4. The molecule has 1 fully saturated rings. The van der Waals surface area contributed by atoms with Crippen molar-refractivity contribution < 1.29 is 28.7 Å². The first kappa shape index (κ1) is 37.8. The number of nitrogens with zero attached hydrogens (tertiary/aromatic N) is 3. The monoisotopic (exact) mass is 728 g/mol. The lowest BCUT2D eigenvalue weighted by molar-refractivity contribution is -0.136. The van der Waals surface area contributed by atoms with E-state index in [1.54, 1.807) is 22.9 Å². The number of rotatable bonds is 12. The highest BCUT2D eigenvalue weighted by Gasteiger charge is 2.36. The lowest BCUT2D eigenvalue weighted by Gasteiger charge is -2.37.